The number of carboxylic acid groups (broad SMARTS) is 1. The summed E-state index contributed by atoms with van der Waals surface area (Å²) >= 11 is 0. The summed E-state index contributed by atoms with van der Waals surface area (Å²) in [6.45, 7) is 1.75. The molecule has 1 heterocycles. The lowest BCUT2D eigenvalue weighted by atomic mass is 9.93. The van der Waals surface area contributed by atoms with Crippen molar-refractivity contribution >= 4 is 29.6 Å². The zero-order chi connectivity index (χ0) is 25.3. The second-order valence-corrected chi connectivity index (χ2v) is 8.83. The van der Waals surface area contributed by atoms with Crippen molar-refractivity contribution in [2.24, 2.45) is 9.98 Å². The molecule has 5 rings (SSSR count). The van der Waals surface area contributed by atoms with E-state index in [-0.39, 0.29) is 11.5 Å². The van der Waals surface area contributed by atoms with Gasteiger partial charge < -0.3 is 9.84 Å². The maximum absolute atomic E-state index is 12.4. The molecule has 36 heavy (non-hydrogen) atoms. The summed E-state index contributed by atoms with van der Waals surface area (Å²) in [5, 5.41) is 12.0. The van der Waals surface area contributed by atoms with E-state index in [1.807, 2.05) is 66.7 Å². The molecule has 1 unspecified atom stereocenters. The number of hydrogen-bond donors (Lipinski definition) is 2. The smallest absolute Gasteiger partial charge is 0.413 e. The lowest BCUT2D eigenvalue weighted by Gasteiger charge is -2.14. The summed E-state index contributed by atoms with van der Waals surface area (Å²) in [5.41, 5.74) is 3.62. The minimum atomic E-state index is -0.782. The van der Waals surface area contributed by atoms with Crippen LogP contribution in [-0.4, -0.2) is 34.7 Å². The van der Waals surface area contributed by atoms with Crippen LogP contribution in [0.1, 0.15) is 42.6 Å². The van der Waals surface area contributed by atoms with E-state index in [9.17, 15) is 19.5 Å². The van der Waals surface area contributed by atoms with Crippen LogP contribution >= 0.6 is 0 Å². The Hall–Kier alpha value is -4.59. The molecule has 0 bridgehead atoms. The van der Waals surface area contributed by atoms with Crippen molar-refractivity contribution in [2.75, 3.05) is 0 Å². The lowest BCUT2D eigenvalue weighted by molar-refractivity contribution is -0.140. The maximum atomic E-state index is 12.4. The Balaban J connectivity index is 1.27. The number of alkyl carbamates (subject to hydrolysis) is 1. The predicted octanol–water partition coefficient (Wildman–Crippen LogP) is 5.28. The van der Waals surface area contributed by atoms with Crippen LogP contribution in [-0.2, 0) is 14.9 Å². The van der Waals surface area contributed by atoms with Gasteiger partial charge in [-0.05, 0) is 42.0 Å². The molecule has 3 amide bonds. The molecule has 8 heteroatoms. The van der Waals surface area contributed by atoms with Gasteiger partial charge in [0.05, 0.1) is 5.41 Å². The number of nitrogens with zero attached hydrogens (tertiary/aromatic N) is 2. The van der Waals surface area contributed by atoms with Crippen molar-refractivity contribution in [1.29, 1.82) is 0 Å². The quantitative estimate of drug-likeness (QED) is 0.497. The van der Waals surface area contributed by atoms with Crippen molar-refractivity contribution in [3.8, 4) is 11.1 Å². The van der Waals surface area contributed by atoms with Gasteiger partial charge in [0.15, 0.2) is 5.84 Å². The number of amides is 3. The average Bonchev–Trinajstić information content (AvgIpc) is 3.63. The number of carbonyl (C=O) groups is 3. The highest BCUT2D eigenvalue weighted by Gasteiger charge is 2.51. The van der Waals surface area contributed by atoms with Gasteiger partial charge in [-0.1, -0.05) is 78.9 Å². The van der Waals surface area contributed by atoms with Crippen LogP contribution < -0.4 is 5.32 Å². The van der Waals surface area contributed by atoms with E-state index in [1.165, 1.54) is 0 Å². The molecule has 1 atom stereocenters. The standard InChI is InChI=1S/C28H23N3O5/c1-17(18-5-3-2-4-6-18)36-27(35)31-24-23(29-26(34)30-24)21-9-7-19(8-10-21)20-11-13-22(14-12-20)28(15-16-28)25(32)33/h2-14,17H,15-16H2,1H3,(H,32,33)(H,30,31,34,35). The van der Waals surface area contributed by atoms with Gasteiger partial charge in [0, 0.05) is 5.56 Å². The van der Waals surface area contributed by atoms with Crippen LogP contribution in [0.25, 0.3) is 11.1 Å². The molecule has 0 spiro atoms. The van der Waals surface area contributed by atoms with Crippen LogP contribution in [0.4, 0.5) is 9.59 Å². The number of amidine groups is 1. The normalized spacial score (nSPS) is 16.5. The van der Waals surface area contributed by atoms with Crippen LogP contribution in [0, 0.1) is 0 Å². The number of ether oxygens (including phenoxy) is 1. The lowest BCUT2D eigenvalue weighted by Crippen LogP contribution is -2.36. The van der Waals surface area contributed by atoms with Crippen molar-refractivity contribution in [3.05, 3.63) is 95.6 Å². The van der Waals surface area contributed by atoms with E-state index < -0.39 is 29.6 Å². The molecule has 0 aromatic heterocycles. The minimum Gasteiger partial charge on any atom is -0.481 e. The largest absolute Gasteiger partial charge is 0.481 e. The van der Waals surface area contributed by atoms with Crippen molar-refractivity contribution in [1.82, 2.24) is 5.32 Å². The molecule has 2 N–H and O–H groups in total. The Morgan fingerprint density at radius 3 is 2.06 bits per heavy atom. The number of rotatable bonds is 6. The molecule has 2 aliphatic rings. The van der Waals surface area contributed by atoms with Crippen molar-refractivity contribution in [3.63, 3.8) is 0 Å². The van der Waals surface area contributed by atoms with Gasteiger partial charge in [0.1, 0.15) is 11.8 Å². The highest BCUT2D eigenvalue weighted by atomic mass is 16.6. The summed E-state index contributed by atoms with van der Waals surface area (Å²) in [6.07, 6.45) is 0.0982. The first-order chi connectivity index (χ1) is 17.4. The van der Waals surface area contributed by atoms with Crippen molar-refractivity contribution < 1.29 is 24.2 Å². The topological polar surface area (TPSA) is 117 Å². The molecular weight excluding hydrogens is 458 g/mol. The summed E-state index contributed by atoms with van der Waals surface area (Å²) in [7, 11) is 0. The Morgan fingerprint density at radius 2 is 1.47 bits per heavy atom. The number of nitrogens with one attached hydrogen (secondary N) is 1. The molecule has 3 aromatic carbocycles. The summed E-state index contributed by atoms with van der Waals surface area (Å²) < 4.78 is 5.41. The van der Waals surface area contributed by atoms with Crippen LogP contribution in [0.15, 0.2) is 88.8 Å². The van der Waals surface area contributed by atoms with E-state index in [4.69, 9.17) is 4.74 Å². The number of benzene rings is 3. The Bertz CT molecular complexity index is 1390. The number of urea groups is 1. The fourth-order valence-corrected chi connectivity index (χ4v) is 4.24. The molecule has 1 fully saturated rings. The average molecular weight is 482 g/mol. The third-order valence-electron chi connectivity index (χ3n) is 6.50. The zero-order valence-corrected chi connectivity index (χ0v) is 19.5. The van der Waals surface area contributed by atoms with Gasteiger partial charge in [-0.15, -0.1) is 0 Å². The molecule has 1 aliphatic carbocycles. The van der Waals surface area contributed by atoms with Crippen LogP contribution in [0.5, 0.6) is 0 Å². The number of aliphatic carboxylic acids is 1. The first kappa shape index (κ1) is 23.2. The Kier molecular flexibility index (Phi) is 5.93. The Labute approximate surface area is 207 Å². The maximum Gasteiger partial charge on any atom is 0.413 e. The van der Waals surface area contributed by atoms with Gasteiger partial charge in [-0.25, -0.2) is 9.59 Å². The van der Waals surface area contributed by atoms with E-state index >= 15 is 0 Å². The Morgan fingerprint density at radius 1 is 0.889 bits per heavy atom. The van der Waals surface area contributed by atoms with Gasteiger partial charge in [-0.3, -0.25) is 10.1 Å². The van der Waals surface area contributed by atoms with E-state index in [0.717, 1.165) is 22.3 Å². The molecule has 0 radical (unpaired) electrons. The number of hydrogen-bond acceptors (Lipinski definition) is 4. The fourth-order valence-electron chi connectivity index (χ4n) is 4.24. The van der Waals surface area contributed by atoms with Crippen LogP contribution in [0.3, 0.4) is 0 Å². The third-order valence-corrected chi connectivity index (χ3v) is 6.50. The second-order valence-electron chi connectivity index (χ2n) is 8.83. The molecule has 180 valence electrons. The molecule has 0 saturated heterocycles. The van der Waals surface area contributed by atoms with Gasteiger partial charge >= 0.3 is 18.1 Å². The SMILES string of the molecule is CC(OC(=O)NC1=NC(=O)N=C1c1ccc(-c2ccc(C3(C(=O)O)CC3)cc2)cc1)c1ccccc1. The summed E-state index contributed by atoms with van der Waals surface area (Å²) in [6, 6.07) is 23.4. The van der Waals surface area contributed by atoms with Gasteiger partial charge in [0.2, 0.25) is 0 Å². The number of aliphatic imine (C=N–C) groups is 2. The monoisotopic (exact) mass is 481 g/mol. The molecule has 8 nitrogen and oxygen atoms in total. The number of carbonyl (C=O) groups excluding carboxylic acids is 2. The van der Waals surface area contributed by atoms with E-state index in [1.54, 1.807) is 19.1 Å². The summed E-state index contributed by atoms with van der Waals surface area (Å²) in [5.74, 6) is -0.748. The summed E-state index contributed by atoms with van der Waals surface area (Å²) in [4.78, 5) is 43.7. The first-order valence-electron chi connectivity index (χ1n) is 11.5. The molecule has 3 aromatic rings. The highest BCUT2D eigenvalue weighted by Crippen LogP contribution is 2.48. The van der Waals surface area contributed by atoms with Gasteiger partial charge in [0.25, 0.3) is 0 Å². The molecule has 1 aliphatic heterocycles. The first-order valence-corrected chi connectivity index (χ1v) is 11.5. The predicted molar refractivity (Wildman–Crippen MR) is 134 cm³/mol. The molecular formula is C28H23N3O5. The van der Waals surface area contributed by atoms with Crippen LogP contribution in [0.2, 0.25) is 0 Å². The van der Waals surface area contributed by atoms with Crippen molar-refractivity contribution in [2.45, 2.75) is 31.3 Å². The molecule has 1 saturated carbocycles. The third kappa shape index (κ3) is 4.53. The highest BCUT2D eigenvalue weighted by molar-refractivity contribution is 6.53. The minimum absolute atomic E-state index is 0.0331. The number of carboxylic acids is 1. The zero-order valence-electron chi connectivity index (χ0n) is 19.5. The van der Waals surface area contributed by atoms with Gasteiger partial charge in [-0.2, -0.15) is 9.98 Å². The van der Waals surface area contributed by atoms with E-state index in [0.29, 0.717) is 18.4 Å². The van der Waals surface area contributed by atoms with E-state index in [2.05, 4.69) is 15.3 Å². The second kappa shape index (κ2) is 9.22. The fraction of sp³-hybridized carbons (Fsp3) is 0.179.